The Kier molecular flexibility index (Phi) is 3.62. The van der Waals surface area contributed by atoms with Gasteiger partial charge in [-0.1, -0.05) is 18.2 Å². The van der Waals surface area contributed by atoms with Crippen molar-refractivity contribution in [2.45, 2.75) is 6.42 Å². The quantitative estimate of drug-likeness (QED) is 0.730. The van der Waals surface area contributed by atoms with Crippen molar-refractivity contribution in [3.8, 4) is 11.8 Å². The van der Waals surface area contributed by atoms with Gasteiger partial charge in [0.2, 0.25) is 0 Å². The van der Waals surface area contributed by atoms with Crippen molar-refractivity contribution in [3.63, 3.8) is 0 Å². The van der Waals surface area contributed by atoms with Crippen LogP contribution in [0, 0.1) is 11.3 Å². The predicted octanol–water partition coefficient (Wildman–Crippen LogP) is 3.79. The van der Waals surface area contributed by atoms with E-state index in [4.69, 9.17) is 4.74 Å². The average molecular weight is 280 g/mol. The van der Waals surface area contributed by atoms with Crippen LogP contribution in [-0.4, -0.2) is 11.6 Å². The molecule has 20 heavy (non-hydrogen) atoms. The summed E-state index contributed by atoms with van der Waals surface area (Å²) in [7, 11) is 0. The lowest BCUT2D eigenvalue weighted by Gasteiger charge is -2.10. The molecule has 1 aromatic carbocycles. The van der Waals surface area contributed by atoms with Crippen LogP contribution in [0.15, 0.2) is 48.0 Å². The number of rotatable bonds is 4. The number of thiophene rings is 1. The van der Waals surface area contributed by atoms with Crippen LogP contribution in [0.1, 0.15) is 10.4 Å². The van der Waals surface area contributed by atoms with Crippen molar-refractivity contribution < 1.29 is 4.74 Å². The molecule has 0 unspecified atom stereocenters. The molecule has 0 radical (unpaired) electrons. The summed E-state index contributed by atoms with van der Waals surface area (Å²) in [6.07, 6.45) is 2.42. The van der Waals surface area contributed by atoms with Crippen molar-refractivity contribution in [3.05, 3.63) is 58.4 Å². The zero-order valence-electron chi connectivity index (χ0n) is 10.7. The zero-order chi connectivity index (χ0) is 13.8. The minimum atomic E-state index is 0.481. The number of nitrogens with zero attached hydrogens (tertiary/aromatic N) is 2. The molecule has 0 saturated carbocycles. The van der Waals surface area contributed by atoms with Gasteiger partial charge in [0, 0.05) is 22.9 Å². The van der Waals surface area contributed by atoms with Crippen LogP contribution in [-0.2, 0) is 6.42 Å². The maximum Gasteiger partial charge on any atom is 0.148 e. The Morgan fingerprint density at radius 2 is 2.10 bits per heavy atom. The third-order valence-electron chi connectivity index (χ3n) is 3.02. The van der Waals surface area contributed by atoms with Gasteiger partial charge in [-0.25, -0.2) is 0 Å². The molecule has 0 aliphatic rings. The first-order valence-corrected chi connectivity index (χ1v) is 7.19. The van der Waals surface area contributed by atoms with E-state index in [2.05, 4.69) is 22.5 Å². The number of nitriles is 1. The largest absolute Gasteiger partial charge is 0.491 e. The van der Waals surface area contributed by atoms with Gasteiger partial charge in [0.1, 0.15) is 17.4 Å². The van der Waals surface area contributed by atoms with E-state index in [0.29, 0.717) is 17.9 Å². The highest BCUT2D eigenvalue weighted by Crippen LogP contribution is 2.28. The summed E-state index contributed by atoms with van der Waals surface area (Å²) >= 11 is 1.71. The van der Waals surface area contributed by atoms with Crippen molar-refractivity contribution in [2.75, 3.05) is 6.61 Å². The molecule has 0 amide bonds. The fraction of sp³-hybridized carbons (Fsp3) is 0.125. The third kappa shape index (κ3) is 2.49. The van der Waals surface area contributed by atoms with E-state index >= 15 is 0 Å². The van der Waals surface area contributed by atoms with Crippen LogP contribution in [0.5, 0.6) is 5.75 Å². The van der Waals surface area contributed by atoms with Crippen LogP contribution in [0.2, 0.25) is 0 Å². The Balaban J connectivity index is 1.87. The fourth-order valence-corrected chi connectivity index (χ4v) is 2.75. The van der Waals surface area contributed by atoms with E-state index in [9.17, 15) is 5.26 Å². The second-order valence-electron chi connectivity index (χ2n) is 4.31. The molecule has 3 nitrogen and oxygen atoms in total. The Morgan fingerprint density at radius 3 is 2.90 bits per heavy atom. The van der Waals surface area contributed by atoms with Gasteiger partial charge in [-0.15, -0.1) is 11.3 Å². The smallest absolute Gasteiger partial charge is 0.148 e. The number of benzene rings is 1. The van der Waals surface area contributed by atoms with Crippen molar-refractivity contribution >= 4 is 22.2 Å². The maximum absolute atomic E-state index is 9.19. The van der Waals surface area contributed by atoms with E-state index in [0.717, 1.165) is 17.3 Å². The first kappa shape index (κ1) is 12.6. The lowest BCUT2D eigenvalue weighted by atomic mass is 10.1. The molecule has 0 N–H and O–H groups in total. The highest BCUT2D eigenvalue weighted by Gasteiger charge is 2.09. The first-order valence-electron chi connectivity index (χ1n) is 6.31. The predicted molar refractivity (Wildman–Crippen MR) is 80.0 cm³/mol. The molecular weight excluding hydrogens is 268 g/mol. The normalized spacial score (nSPS) is 10.3. The zero-order valence-corrected chi connectivity index (χ0v) is 11.6. The summed E-state index contributed by atoms with van der Waals surface area (Å²) in [4.78, 5) is 5.55. The van der Waals surface area contributed by atoms with Crippen molar-refractivity contribution in [2.24, 2.45) is 0 Å². The molecule has 0 spiro atoms. The molecule has 0 aliphatic heterocycles. The van der Waals surface area contributed by atoms with Gasteiger partial charge in [0.15, 0.2) is 0 Å². The van der Waals surface area contributed by atoms with Gasteiger partial charge in [-0.3, -0.25) is 4.98 Å². The monoisotopic (exact) mass is 280 g/mol. The molecule has 0 fully saturated rings. The van der Waals surface area contributed by atoms with Crippen LogP contribution in [0.3, 0.4) is 0 Å². The van der Waals surface area contributed by atoms with E-state index in [1.165, 1.54) is 4.88 Å². The van der Waals surface area contributed by atoms with Gasteiger partial charge in [-0.2, -0.15) is 5.26 Å². The Morgan fingerprint density at radius 1 is 1.20 bits per heavy atom. The standard InChI is InChI=1S/C16H12N2OS/c17-10-12-11-18-15-6-2-1-5-14(15)16(12)19-8-7-13-4-3-9-20-13/h1-6,9,11H,7-8H2. The number of hydrogen-bond donors (Lipinski definition) is 0. The van der Waals surface area contributed by atoms with Crippen LogP contribution >= 0.6 is 11.3 Å². The fourth-order valence-electron chi connectivity index (χ4n) is 2.06. The number of aromatic nitrogens is 1. The summed E-state index contributed by atoms with van der Waals surface area (Å²) in [5, 5.41) is 12.1. The van der Waals surface area contributed by atoms with Crippen LogP contribution in [0.4, 0.5) is 0 Å². The minimum absolute atomic E-state index is 0.481. The molecule has 2 aromatic heterocycles. The maximum atomic E-state index is 9.19. The summed E-state index contributed by atoms with van der Waals surface area (Å²) in [6, 6.07) is 14.0. The number of hydrogen-bond acceptors (Lipinski definition) is 4. The van der Waals surface area contributed by atoms with Gasteiger partial charge in [0.05, 0.1) is 12.1 Å². The lowest BCUT2D eigenvalue weighted by molar-refractivity contribution is 0.325. The summed E-state index contributed by atoms with van der Waals surface area (Å²) < 4.78 is 5.86. The molecular formula is C16H12N2OS. The molecule has 2 heterocycles. The number of para-hydroxylation sites is 1. The molecule has 0 saturated heterocycles. The van der Waals surface area contributed by atoms with E-state index in [1.54, 1.807) is 17.5 Å². The minimum Gasteiger partial charge on any atom is -0.491 e. The van der Waals surface area contributed by atoms with E-state index in [-0.39, 0.29) is 0 Å². The molecule has 4 heteroatoms. The Labute approximate surface area is 121 Å². The highest BCUT2D eigenvalue weighted by molar-refractivity contribution is 7.09. The highest BCUT2D eigenvalue weighted by atomic mass is 32.1. The Hall–Kier alpha value is -2.38. The van der Waals surface area contributed by atoms with Gasteiger partial charge in [-0.05, 0) is 23.6 Å². The summed E-state index contributed by atoms with van der Waals surface area (Å²) in [6.45, 7) is 0.559. The molecule has 0 bridgehead atoms. The molecule has 98 valence electrons. The second kappa shape index (κ2) is 5.72. The van der Waals surface area contributed by atoms with E-state index < -0.39 is 0 Å². The summed E-state index contributed by atoms with van der Waals surface area (Å²) in [5.74, 6) is 0.634. The first-order chi connectivity index (χ1) is 9.88. The number of fused-ring (bicyclic) bond motifs is 1. The molecule has 0 aliphatic carbocycles. The van der Waals surface area contributed by atoms with Gasteiger partial charge >= 0.3 is 0 Å². The molecule has 3 rings (SSSR count). The number of pyridine rings is 1. The lowest BCUT2D eigenvalue weighted by Crippen LogP contribution is -2.02. The van der Waals surface area contributed by atoms with Crippen LogP contribution < -0.4 is 4.74 Å². The molecule has 0 atom stereocenters. The Bertz CT molecular complexity index is 760. The molecule has 3 aromatic rings. The summed E-state index contributed by atoms with van der Waals surface area (Å²) in [5.41, 5.74) is 1.33. The second-order valence-corrected chi connectivity index (χ2v) is 5.34. The number of ether oxygens (including phenoxy) is 1. The van der Waals surface area contributed by atoms with Crippen molar-refractivity contribution in [1.29, 1.82) is 5.26 Å². The van der Waals surface area contributed by atoms with Gasteiger partial charge < -0.3 is 4.74 Å². The van der Waals surface area contributed by atoms with E-state index in [1.807, 2.05) is 30.3 Å². The van der Waals surface area contributed by atoms with Crippen molar-refractivity contribution in [1.82, 2.24) is 4.98 Å². The average Bonchev–Trinajstić information content (AvgIpc) is 3.00. The SMILES string of the molecule is N#Cc1cnc2ccccc2c1OCCc1cccs1. The topological polar surface area (TPSA) is 45.9 Å². The third-order valence-corrected chi connectivity index (χ3v) is 3.96. The van der Waals surface area contributed by atoms with Crippen LogP contribution in [0.25, 0.3) is 10.9 Å². The van der Waals surface area contributed by atoms with Gasteiger partial charge in [0.25, 0.3) is 0 Å².